The number of para-hydroxylation sites is 2. The minimum Gasteiger partial charge on any atom is -0.340 e. The van der Waals surface area contributed by atoms with Crippen molar-refractivity contribution in [2.24, 2.45) is 0 Å². The van der Waals surface area contributed by atoms with Gasteiger partial charge in [-0.05, 0) is 38.9 Å². The van der Waals surface area contributed by atoms with Gasteiger partial charge in [-0.1, -0.05) is 36.4 Å². The zero-order chi connectivity index (χ0) is 21.0. The molecule has 1 aliphatic heterocycles. The van der Waals surface area contributed by atoms with Crippen LogP contribution in [0.3, 0.4) is 0 Å². The lowest BCUT2D eigenvalue weighted by Crippen LogP contribution is -2.54. The summed E-state index contributed by atoms with van der Waals surface area (Å²) < 4.78 is 28.4. The average molecular weight is 418 g/mol. The molecule has 29 heavy (non-hydrogen) atoms. The Balaban J connectivity index is 0.000000431. The highest BCUT2D eigenvalue weighted by atomic mass is 32.2. The van der Waals surface area contributed by atoms with Crippen molar-refractivity contribution in [3.8, 4) is 0 Å². The predicted molar refractivity (Wildman–Crippen MR) is 120 cm³/mol. The zero-order valence-corrected chi connectivity index (χ0v) is 18.2. The van der Waals surface area contributed by atoms with Crippen LogP contribution < -0.4 is 5.32 Å². The fourth-order valence-corrected chi connectivity index (χ4v) is 4.32. The lowest BCUT2D eigenvalue weighted by Gasteiger charge is -2.36. The third-order valence-corrected chi connectivity index (χ3v) is 5.17. The van der Waals surface area contributed by atoms with Gasteiger partial charge in [-0.15, -0.1) is 0 Å². The van der Waals surface area contributed by atoms with Gasteiger partial charge in [-0.3, -0.25) is 4.55 Å². The van der Waals surface area contributed by atoms with Gasteiger partial charge in [0.2, 0.25) is 0 Å². The van der Waals surface area contributed by atoms with Crippen LogP contribution in [0.4, 0.5) is 0 Å². The molecule has 0 amide bonds. The maximum absolute atomic E-state index is 9.19. The molecule has 0 aliphatic carbocycles. The summed E-state index contributed by atoms with van der Waals surface area (Å²) >= 11 is 0. The van der Waals surface area contributed by atoms with Gasteiger partial charge in [0.05, 0.1) is 6.26 Å². The van der Waals surface area contributed by atoms with Crippen molar-refractivity contribution < 1.29 is 13.0 Å². The number of hydrogen-bond acceptors (Lipinski definition) is 4. The fraction of sp³-hybridized carbons (Fsp3) is 0.455. The van der Waals surface area contributed by atoms with Gasteiger partial charge in [-0.2, -0.15) is 8.42 Å². The molecule has 0 spiro atoms. The van der Waals surface area contributed by atoms with Crippen molar-refractivity contribution in [3.63, 3.8) is 0 Å². The predicted octanol–water partition coefficient (Wildman–Crippen LogP) is 3.37. The van der Waals surface area contributed by atoms with Crippen LogP contribution in [0.5, 0.6) is 0 Å². The van der Waals surface area contributed by atoms with E-state index in [4.69, 9.17) is 4.55 Å². The Kier molecular flexibility index (Phi) is 6.95. The average Bonchev–Trinajstić information content (AvgIpc) is 2.94. The molecular weight excluding hydrogens is 386 g/mol. The number of aromatic nitrogens is 1. The molecule has 1 aromatic heterocycles. The maximum Gasteiger partial charge on any atom is 0.261 e. The van der Waals surface area contributed by atoms with Crippen molar-refractivity contribution in [1.82, 2.24) is 14.8 Å². The van der Waals surface area contributed by atoms with Crippen LogP contribution in [-0.2, 0) is 16.7 Å². The molecule has 1 aliphatic rings. The monoisotopic (exact) mass is 417 g/mol. The number of benzene rings is 2. The lowest BCUT2D eigenvalue weighted by atomic mass is 10.1. The van der Waals surface area contributed by atoms with Crippen molar-refractivity contribution in [3.05, 3.63) is 48.5 Å². The molecule has 2 N–H and O–H groups in total. The summed E-state index contributed by atoms with van der Waals surface area (Å²) in [5, 5.41) is 6.36. The number of nitrogens with one attached hydrogen (secondary N) is 1. The molecule has 0 bridgehead atoms. The molecule has 4 rings (SSSR count). The molecule has 2 aromatic carbocycles. The Hall–Kier alpha value is -1.93. The molecule has 1 saturated heterocycles. The fourth-order valence-electron chi connectivity index (χ4n) is 4.32. The van der Waals surface area contributed by atoms with E-state index in [1.807, 2.05) is 0 Å². The Labute approximate surface area is 173 Å². The summed E-state index contributed by atoms with van der Waals surface area (Å²) in [6.45, 7) is 9.16. The molecule has 2 atom stereocenters. The molecular formula is C22H31N3O3S. The first-order chi connectivity index (χ1) is 13.7. The number of rotatable bonds is 4. The van der Waals surface area contributed by atoms with Crippen LogP contribution >= 0.6 is 0 Å². The van der Waals surface area contributed by atoms with Gasteiger partial charge < -0.3 is 14.8 Å². The second-order valence-electron chi connectivity index (χ2n) is 8.00. The SMILES string of the molecule is CS(=O)(=O)O.C[C@@H]1CN(CCCn2c3ccccc3c3ccccc32)C[C@H](C)N1. The van der Waals surface area contributed by atoms with Crippen LogP contribution in [0.25, 0.3) is 21.8 Å². The first-order valence-electron chi connectivity index (χ1n) is 10.1. The van der Waals surface area contributed by atoms with Crippen molar-refractivity contribution in [2.75, 3.05) is 25.9 Å². The molecule has 3 aromatic rings. The van der Waals surface area contributed by atoms with E-state index in [1.54, 1.807) is 0 Å². The third kappa shape index (κ3) is 6.02. The summed E-state index contributed by atoms with van der Waals surface area (Å²) in [7, 11) is -3.67. The minimum atomic E-state index is -3.67. The molecule has 0 radical (unpaired) electrons. The van der Waals surface area contributed by atoms with Gasteiger partial charge in [0.15, 0.2) is 0 Å². The van der Waals surface area contributed by atoms with Gasteiger partial charge in [0.1, 0.15) is 0 Å². The normalized spacial score (nSPS) is 20.6. The van der Waals surface area contributed by atoms with E-state index in [0.29, 0.717) is 18.3 Å². The third-order valence-electron chi connectivity index (χ3n) is 5.17. The molecule has 6 nitrogen and oxygen atoms in total. The largest absolute Gasteiger partial charge is 0.340 e. The smallest absolute Gasteiger partial charge is 0.261 e. The van der Waals surface area contributed by atoms with Crippen molar-refractivity contribution in [2.45, 2.75) is 38.9 Å². The Morgan fingerprint density at radius 2 is 1.38 bits per heavy atom. The summed E-state index contributed by atoms with van der Waals surface area (Å²) in [5.41, 5.74) is 2.72. The maximum atomic E-state index is 9.19. The summed E-state index contributed by atoms with van der Waals surface area (Å²) in [6, 6.07) is 18.8. The van der Waals surface area contributed by atoms with E-state index in [9.17, 15) is 8.42 Å². The highest BCUT2D eigenvalue weighted by molar-refractivity contribution is 7.85. The van der Waals surface area contributed by atoms with Crippen LogP contribution in [-0.4, -0.2) is 60.4 Å². The van der Waals surface area contributed by atoms with E-state index < -0.39 is 10.1 Å². The second kappa shape index (κ2) is 9.26. The molecule has 7 heteroatoms. The Morgan fingerprint density at radius 3 is 1.86 bits per heavy atom. The lowest BCUT2D eigenvalue weighted by molar-refractivity contribution is 0.170. The standard InChI is InChI=1S/C21H27N3.CH4O3S/c1-16-14-23(15-17(2)22-16)12-7-13-24-20-10-5-3-8-18(20)19-9-4-6-11-21(19)24;1-5(2,3)4/h3-6,8-11,16-17,22H,7,12-15H2,1-2H3;1H3,(H,2,3,4)/t16-,17+;. The first-order valence-corrected chi connectivity index (χ1v) is 11.9. The molecule has 0 saturated carbocycles. The Morgan fingerprint density at radius 1 is 0.931 bits per heavy atom. The number of aryl methyl sites for hydroxylation is 1. The highest BCUT2D eigenvalue weighted by Gasteiger charge is 2.20. The van der Waals surface area contributed by atoms with Crippen LogP contribution in [0.2, 0.25) is 0 Å². The topological polar surface area (TPSA) is 74.6 Å². The van der Waals surface area contributed by atoms with Gasteiger partial charge in [-0.25, -0.2) is 0 Å². The molecule has 2 heterocycles. The number of piperazine rings is 1. The Bertz CT molecular complexity index is 990. The molecule has 158 valence electrons. The number of fused-ring (bicyclic) bond motifs is 3. The van der Waals surface area contributed by atoms with Gasteiger partial charge in [0, 0.05) is 53.5 Å². The van der Waals surface area contributed by atoms with Crippen LogP contribution in [0.15, 0.2) is 48.5 Å². The highest BCUT2D eigenvalue weighted by Crippen LogP contribution is 2.28. The summed E-state index contributed by atoms with van der Waals surface area (Å²) in [4.78, 5) is 2.61. The van der Waals surface area contributed by atoms with Gasteiger partial charge in [0.25, 0.3) is 10.1 Å². The van der Waals surface area contributed by atoms with Gasteiger partial charge >= 0.3 is 0 Å². The van der Waals surface area contributed by atoms with Crippen molar-refractivity contribution >= 4 is 31.9 Å². The first kappa shape index (κ1) is 21.8. The van der Waals surface area contributed by atoms with E-state index >= 15 is 0 Å². The van der Waals surface area contributed by atoms with E-state index in [0.717, 1.165) is 19.6 Å². The van der Waals surface area contributed by atoms with E-state index in [-0.39, 0.29) is 0 Å². The molecule has 1 fully saturated rings. The number of hydrogen-bond donors (Lipinski definition) is 2. The van der Waals surface area contributed by atoms with Crippen LogP contribution in [0.1, 0.15) is 20.3 Å². The van der Waals surface area contributed by atoms with Crippen molar-refractivity contribution in [1.29, 1.82) is 0 Å². The molecule has 0 unspecified atom stereocenters. The van der Waals surface area contributed by atoms with E-state index in [2.05, 4.69) is 77.2 Å². The zero-order valence-electron chi connectivity index (χ0n) is 17.4. The van der Waals surface area contributed by atoms with E-state index in [1.165, 1.54) is 34.8 Å². The number of nitrogens with zero attached hydrogens (tertiary/aromatic N) is 2. The quantitative estimate of drug-likeness (QED) is 0.637. The second-order valence-corrected chi connectivity index (χ2v) is 9.47. The summed E-state index contributed by atoms with van der Waals surface area (Å²) in [5.74, 6) is 0. The summed E-state index contributed by atoms with van der Waals surface area (Å²) in [6.07, 6.45) is 1.91. The minimum absolute atomic E-state index is 0.599. The van der Waals surface area contributed by atoms with Crippen LogP contribution in [0, 0.1) is 0 Å².